The fourth-order valence-electron chi connectivity index (χ4n) is 1.56. The van der Waals surface area contributed by atoms with E-state index in [1.807, 2.05) is 0 Å². The van der Waals surface area contributed by atoms with Crippen LogP contribution in [0.25, 0.3) is 0 Å². The number of hydrazine groups is 1. The Bertz CT molecular complexity index is 399. The van der Waals surface area contributed by atoms with Gasteiger partial charge in [0, 0.05) is 6.04 Å². The highest BCUT2D eigenvalue weighted by Gasteiger charge is 2.46. The fourth-order valence-corrected chi connectivity index (χ4v) is 1.56. The van der Waals surface area contributed by atoms with Crippen molar-refractivity contribution < 1.29 is 4.79 Å². The molecule has 1 aliphatic carbocycles. The topological polar surface area (TPSA) is 80.0 Å². The molecule has 0 radical (unpaired) electrons. The van der Waals surface area contributed by atoms with E-state index < -0.39 is 0 Å². The van der Waals surface area contributed by atoms with Gasteiger partial charge in [-0.15, -0.1) is 0 Å². The van der Waals surface area contributed by atoms with E-state index in [0.29, 0.717) is 11.4 Å². The molecule has 0 bridgehead atoms. The number of nitrogen functional groups attached to an aromatic ring is 1. The number of anilines is 1. The maximum absolute atomic E-state index is 11.8. The first-order valence-electron chi connectivity index (χ1n) is 5.26. The van der Waals surface area contributed by atoms with Crippen molar-refractivity contribution in [2.75, 3.05) is 5.43 Å². The van der Waals surface area contributed by atoms with Crippen LogP contribution in [0.4, 0.5) is 5.69 Å². The number of amides is 1. The molecule has 1 aliphatic rings. The number of nitrogens with zero attached hydrogens (tertiary/aromatic N) is 1. The summed E-state index contributed by atoms with van der Waals surface area (Å²) in [6, 6.07) is 3.65. The summed E-state index contributed by atoms with van der Waals surface area (Å²) in [5.41, 5.74) is 3.80. The van der Waals surface area contributed by atoms with Crippen LogP contribution in [0, 0.1) is 5.41 Å². The second-order valence-electron chi connectivity index (χ2n) is 4.80. The van der Waals surface area contributed by atoms with Crippen LogP contribution >= 0.6 is 0 Å². The molecule has 1 aromatic rings. The second-order valence-corrected chi connectivity index (χ2v) is 4.80. The molecular formula is C11H16N4O. The van der Waals surface area contributed by atoms with Crippen molar-refractivity contribution >= 4 is 11.6 Å². The molecule has 86 valence electrons. The molecule has 0 aliphatic heterocycles. The van der Waals surface area contributed by atoms with Crippen LogP contribution in [0.15, 0.2) is 18.3 Å². The largest absolute Gasteiger partial charge is 0.347 e. The van der Waals surface area contributed by atoms with Crippen molar-refractivity contribution in [2.45, 2.75) is 26.3 Å². The summed E-state index contributed by atoms with van der Waals surface area (Å²) in [6.45, 7) is 4.26. The van der Waals surface area contributed by atoms with Crippen molar-refractivity contribution in [1.82, 2.24) is 10.3 Å². The molecule has 5 heteroatoms. The number of nitrogens with one attached hydrogen (secondary N) is 2. The van der Waals surface area contributed by atoms with Crippen molar-refractivity contribution in [3.8, 4) is 0 Å². The Morgan fingerprint density at radius 1 is 1.56 bits per heavy atom. The molecule has 4 N–H and O–H groups in total. The van der Waals surface area contributed by atoms with Gasteiger partial charge in [-0.25, -0.2) is 4.98 Å². The minimum atomic E-state index is -0.126. The van der Waals surface area contributed by atoms with Crippen molar-refractivity contribution in [3.63, 3.8) is 0 Å². The third-order valence-corrected chi connectivity index (χ3v) is 2.98. The summed E-state index contributed by atoms with van der Waals surface area (Å²) in [5, 5.41) is 2.94. The monoisotopic (exact) mass is 220 g/mol. The lowest BCUT2D eigenvalue weighted by Crippen LogP contribution is -2.29. The Kier molecular flexibility index (Phi) is 2.55. The van der Waals surface area contributed by atoms with Crippen molar-refractivity contribution in [1.29, 1.82) is 0 Å². The third-order valence-electron chi connectivity index (χ3n) is 2.98. The highest BCUT2D eigenvalue weighted by atomic mass is 16.2. The number of nitrogens with two attached hydrogens (primary N) is 1. The van der Waals surface area contributed by atoms with E-state index in [2.05, 4.69) is 29.6 Å². The maximum Gasteiger partial charge on any atom is 0.270 e. The molecule has 1 aromatic heterocycles. The molecular weight excluding hydrogens is 204 g/mol. The number of rotatable bonds is 3. The van der Waals surface area contributed by atoms with Crippen LogP contribution in [-0.2, 0) is 0 Å². The fraction of sp³-hybridized carbons (Fsp3) is 0.455. The highest BCUT2D eigenvalue weighted by molar-refractivity contribution is 5.92. The van der Waals surface area contributed by atoms with E-state index in [9.17, 15) is 4.79 Å². The highest BCUT2D eigenvalue weighted by Crippen LogP contribution is 2.44. The molecule has 1 atom stereocenters. The first kappa shape index (κ1) is 10.9. The van der Waals surface area contributed by atoms with Gasteiger partial charge in [-0.1, -0.05) is 13.8 Å². The van der Waals surface area contributed by atoms with Crippen LogP contribution < -0.4 is 16.6 Å². The van der Waals surface area contributed by atoms with Crippen LogP contribution in [0.1, 0.15) is 30.8 Å². The van der Waals surface area contributed by atoms with Gasteiger partial charge in [-0.05, 0) is 24.0 Å². The summed E-state index contributed by atoms with van der Waals surface area (Å²) in [7, 11) is 0. The number of pyridine rings is 1. The predicted molar refractivity (Wildman–Crippen MR) is 61.7 cm³/mol. The van der Waals surface area contributed by atoms with E-state index in [4.69, 9.17) is 5.84 Å². The van der Waals surface area contributed by atoms with Crippen LogP contribution in [0.5, 0.6) is 0 Å². The van der Waals surface area contributed by atoms with Gasteiger partial charge in [0.1, 0.15) is 5.69 Å². The molecule has 0 saturated heterocycles. The average molecular weight is 220 g/mol. The van der Waals surface area contributed by atoms with E-state index in [-0.39, 0.29) is 17.4 Å². The summed E-state index contributed by atoms with van der Waals surface area (Å²) in [4.78, 5) is 15.8. The Morgan fingerprint density at radius 3 is 2.69 bits per heavy atom. The lowest BCUT2D eigenvalue weighted by atomic mass is 10.2. The van der Waals surface area contributed by atoms with E-state index in [1.54, 1.807) is 12.1 Å². The van der Waals surface area contributed by atoms with Gasteiger partial charge in [0.2, 0.25) is 0 Å². The van der Waals surface area contributed by atoms with Crippen LogP contribution in [0.2, 0.25) is 0 Å². The van der Waals surface area contributed by atoms with Gasteiger partial charge in [0.05, 0.1) is 11.9 Å². The number of carbonyl (C=O) groups excluding carboxylic acids is 1. The zero-order valence-corrected chi connectivity index (χ0v) is 9.45. The number of hydrogen-bond acceptors (Lipinski definition) is 4. The molecule has 1 fully saturated rings. The number of carbonyl (C=O) groups is 1. The predicted octanol–water partition coefficient (Wildman–Crippen LogP) is 0.895. The maximum atomic E-state index is 11.8. The molecule has 1 amide bonds. The summed E-state index contributed by atoms with van der Waals surface area (Å²) < 4.78 is 0. The molecule has 2 rings (SSSR count). The lowest BCUT2D eigenvalue weighted by Gasteiger charge is -2.06. The van der Waals surface area contributed by atoms with Gasteiger partial charge >= 0.3 is 0 Å². The van der Waals surface area contributed by atoms with E-state index >= 15 is 0 Å². The summed E-state index contributed by atoms with van der Waals surface area (Å²) in [6.07, 6.45) is 2.56. The van der Waals surface area contributed by atoms with Gasteiger partial charge in [-0.2, -0.15) is 0 Å². The minimum absolute atomic E-state index is 0.126. The first-order chi connectivity index (χ1) is 7.53. The standard InChI is InChI=1S/C11H16N4O/c1-11(2)5-9(11)14-10(16)8-4-3-7(15-12)6-13-8/h3-4,6,9,15H,5,12H2,1-2H3,(H,14,16). The van der Waals surface area contributed by atoms with Gasteiger partial charge in [-0.3, -0.25) is 10.6 Å². The van der Waals surface area contributed by atoms with Crippen molar-refractivity contribution in [2.24, 2.45) is 11.3 Å². The molecule has 5 nitrogen and oxygen atoms in total. The van der Waals surface area contributed by atoms with Gasteiger partial charge in [0.25, 0.3) is 5.91 Å². The minimum Gasteiger partial charge on any atom is -0.347 e. The Hall–Kier alpha value is -1.62. The smallest absolute Gasteiger partial charge is 0.270 e. The van der Waals surface area contributed by atoms with Gasteiger partial charge < -0.3 is 10.7 Å². The molecule has 1 heterocycles. The quantitative estimate of drug-likeness (QED) is 0.522. The summed E-state index contributed by atoms with van der Waals surface area (Å²) in [5.74, 6) is 5.09. The Morgan fingerprint density at radius 2 is 2.25 bits per heavy atom. The van der Waals surface area contributed by atoms with Crippen LogP contribution in [-0.4, -0.2) is 16.9 Å². The van der Waals surface area contributed by atoms with Crippen molar-refractivity contribution in [3.05, 3.63) is 24.0 Å². The zero-order chi connectivity index (χ0) is 11.8. The molecule has 1 unspecified atom stereocenters. The number of aromatic nitrogens is 1. The lowest BCUT2D eigenvalue weighted by molar-refractivity contribution is 0.0941. The van der Waals surface area contributed by atoms with Crippen LogP contribution in [0.3, 0.4) is 0 Å². The summed E-state index contributed by atoms with van der Waals surface area (Å²) >= 11 is 0. The SMILES string of the molecule is CC1(C)CC1NC(=O)c1ccc(NN)cn1. The third kappa shape index (κ3) is 2.14. The molecule has 0 spiro atoms. The average Bonchev–Trinajstić information content (AvgIpc) is 2.86. The Balaban J connectivity index is 1.99. The zero-order valence-electron chi connectivity index (χ0n) is 9.45. The number of hydrogen-bond donors (Lipinski definition) is 3. The van der Waals surface area contributed by atoms with E-state index in [1.165, 1.54) is 6.20 Å². The molecule has 0 aromatic carbocycles. The second kappa shape index (κ2) is 3.75. The normalized spacial score (nSPS) is 21.3. The Labute approximate surface area is 94.4 Å². The molecule has 1 saturated carbocycles. The first-order valence-corrected chi connectivity index (χ1v) is 5.26. The molecule has 16 heavy (non-hydrogen) atoms. The van der Waals surface area contributed by atoms with E-state index in [0.717, 1.165) is 6.42 Å². The van der Waals surface area contributed by atoms with Gasteiger partial charge in [0.15, 0.2) is 0 Å².